The van der Waals surface area contributed by atoms with E-state index in [1.54, 1.807) is 0 Å². The number of carbonyl (C=O) groups excluding carboxylic acids is 1. The molecule has 0 bridgehead atoms. The van der Waals surface area contributed by atoms with Crippen molar-refractivity contribution in [3.05, 3.63) is 35.9 Å². The normalized spacial score (nSPS) is 12.3. The van der Waals surface area contributed by atoms with Crippen molar-refractivity contribution in [3.8, 4) is 0 Å². The Bertz CT molecular complexity index is 284. The second-order valence-corrected chi connectivity index (χ2v) is 3.39. The summed E-state index contributed by atoms with van der Waals surface area (Å²) < 4.78 is 10.7. The van der Waals surface area contributed by atoms with Gasteiger partial charge < -0.3 is 14.3 Å². The van der Waals surface area contributed by atoms with E-state index in [1.165, 1.54) is 5.56 Å². The molecule has 0 aliphatic rings. The lowest BCUT2D eigenvalue weighted by molar-refractivity contribution is -0.147. The number of hydrogen-bond acceptors (Lipinski definition) is 3. The van der Waals surface area contributed by atoms with Crippen LogP contribution in [0.5, 0.6) is 0 Å². The minimum Gasteiger partial charge on any atom is -0.352 e. The van der Waals surface area contributed by atoms with E-state index in [1.807, 2.05) is 25.1 Å². The van der Waals surface area contributed by atoms with Crippen LogP contribution in [0.4, 0.5) is 0 Å². The fourth-order valence-electron chi connectivity index (χ4n) is 1.40. The van der Waals surface area contributed by atoms with Gasteiger partial charge in [0.25, 0.3) is 0 Å². The van der Waals surface area contributed by atoms with Crippen molar-refractivity contribution >= 4 is 6.29 Å². The fourth-order valence-corrected chi connectivity index (χ4v) is 1.40. The van der Waals surface area contributed by atoms with Gasteiger partial charge in [0.15, 0.2) is 6.29 Å². The summed E-state index contributed by atoms with van der Waals surface area (Å²) in [6.07, 6.45) is 1.56. The van der Waals surface area contributed by atoms with Gasteiger partial charge in [0, 0.05) is 6.61 Å². The zero-order chi connectivity index (χ0) is 11.6. The number of ether oxygens (including phenoxy) is 2. The van der Waals surface area contributed by atoms with E-state index in [4.69, 9.17) is 9.47 Å². The van der Waals surface area contributed by atoms with Gasteiger partial charge in [-0.1, -0.05) is 30.3 Å². The molecule has 0 saturated carbocycles. The van der Waals surface area contributed by atoms with Crippen molar-refractivity contribution in [1.29, 1.82) is 0 Å². The van der Waals surface area contributed by atoms with Crippen LogP contribution in [0.25, 0.3) is 0 Å². The molecule has 0 amide bonds. The van der Waals surface area contributed by atoms with Crippen molar-refractivity contribution in [2.75, 3.05) is 13.2 Å². The molecule has 3 nitrogen and oxygen atoms in total. The molecule has 0 saturated heterocycles. The third kappa shape index (κ3) is 5.05. The number of aldehydes is 1. The molecule has 88 valence electrons. The van der Waals surface area contributed by atoms with Gasteiger partial charge >= 0.3 is 0 Å². The van der Waals surface area contributed by atoms with E-state index in [9.17, 15) is 4.79 Å². The maximum absolute atomic E-state index is 10.4. The molecular weight excluding hydrogens is 204 g/mol. The fraction of sp³-hybridized carbons (Fsp3) is 0.462. The topological polar surface area (TPSA) is 35.5 Å². The smallest absolute Gasteiger partial charge is 0.164 e. The highest BCUT2D eigenvalue weighted by Gasteiger charge is 2.07. The molecule has 1 unspecified atom stereocenters. The van der Waals surface area contributed by atoms with Gasteiger partial charge in [-0.2, -0.15) is 0 Å². The van der Waals surface area contributed by atoms with E-state index in [2.05, 4.69) is 12.1 Å². The lowest BCUT2D eigenvalue weighted by Gasteiger charge is -2.15. The van der Waals surface area contributed by atoms with Crippen molar-refractivity contribution in [2.45, 2.75) is 26.1 Å². The molecule has 0 radical (unpaired) electrons. The van der Waals surface area contributed by atoms with Gasteiger partial charge in [0.2, 0.25) is 0 Å². The largest absolute Gasteiger partial charge is 0.352 e. The Kier molecular flexibility index (Phi) is 6.45. The molecule has 0 heterocycles. The number of carbonyl (C=O) groups is 1. The Labute approximate surface area is 96.4 Å². The number of rotatable bonds is 8. The molecule has 0 N–H and O–H groups in total. The minimum atomic E-state index is -0.397. The molecule has 0 fully saturated rings. The van der Waals surface area contributed by atoms with Gasteiger partial charge in [0.1, 0.15) is 6.29 Å². The van der Waals surface area contributed by atoms with E-state index < -0.39 is 6.29 Å². The molecule has 1 aromatic carbocycles. The van der Waals surface area contributed by atoms with Crippen LogP contribution in [-0.2, 0) is 20.7 Å². The van der Waals surface area contributed by atoms with Gasteiger partial charge in [0.05, 0.1) is 13.0 Å². The highest BCUT2D eigenvalue weighted by molar-refractivity contribution is 5.49. The van der Waals surface area contributed by atoms with Crippen molar-refractivity contribution in [3.63, 3.8) is 0 Å². The summed E-state index contributed by atoms with van der Waals surface area (Å²) in [4.78, 5) is 10.4. The zero-order valence-corrected chi connectivity index (χ0v) is 9.59. The first-order chi connectivity index (χ1) is 7.86. The quantitative estimate of drug-likeness (QED) is 0.499. The summed E-state index contributed by atoms with van der Waals surface area (Å²) in [6, 6.07) is 10.1. The second-order valence-electron chi connectivity index (χ2n) is 3.39. The molecule has 3 heteroatoms. The molecule has 0 aliphatic heterocycles. The molecule has 0 spiro atoms. The van der Waals surface area contributed by atoms with Crippen molar-refractivity contribution < 1.29 is 14.3 Å². The van der Waals surface area contributed by atoms with Crippen LogP contribution >= 0.6 is 0 Å². The molecular formula is C13H18O3. The predicted octanol–water partition coefficient (Wildman–Crippen LogP) is 2.20. The third-order valence-corrected chi connectivity index (χ3v) is 2.18. The Morgan fingerprint density at radius 3 is 2.62 bits per heavy atom. The minimum absolute atomic E-state index is 0.294. The standard InChI is InChI=1S/C13H18O3/c1-2-15-13(8-10-14)16-11-9-12-6-4-3-5-7-12/h3-7,10,13H,2,8-9,11H2,1H3. The predicted molar refractivity (Wildman–Crippen MR) is 62.2 cm³/mol. The summed E-state index contributed by atoms with van der Waals surface area (Å²) in [7, 11) is 0. The van der Waals surface area contributed by atoms with E-state index in [-0.39, 0.29) is 0 Å². The first kappa shape index (κ1) is 12.9. The zero-order valence-electron chi connectivity index (χ0n) is 9.59. The average Bonchev–Trinajstić information content (AvgIpc) is 2.31. The van der Waals surface area contributed by atoms with Crippen molar-refractivity contribution in [2.24, 2.45) is 0 Å². The summed E-state index contributed by atoms with van der Waals surface area (Å²) in [5, 5.41) is 0. The monoisotopic (exact) mass is 222 g/mol. The molecule has 0 aromatic heterocycles. The number of benzene rings is 1. The van der Waals surface area contributed by atoms with Gasteiger partial charge in [-0.25, -0.2) is 0 Å². The Balaban J connectivity index is 2.24. The first-order valence-corrected chi connectivity index (χ1v) is 5.57. The Hall–Kier alpha value is -1.19. The first-order valence-electron chi connectivity index (χ1n) is 5.57. The third-order valence-electron chi connectivity index (χ3n) is 2.18. The van der Waals surface area contributed by atoms with Gasteiger partial charge in [-0.3, -0.25) is 0 Å². The number of hydrogen-bond donors (Lipinski definition) is 0. The maximum atomic E-state index is 10.4. The van der Waals surface area contributed by atoms with Crippen LogP contribution in [0.2, 0.25) is 0 Å². The second kappa shape index (κ2) is 8.02. The summed E-state index contributed by atoms with van der Waals surface area (Å²) >= 11 is 0. The Morgan fingerprint density at radius 1 is 1.25 bits per heavy atom. The van der Waals surface area contributed by atoms with Gasteiger partial charge in [-0.15, -0.1) is 0 Å². The lowest BCUT2D eigenvalue weighted by Crippen LogP contribution is -2.19. The summed E-state index contributed by atoms with van der Waals surface area (Å²) in [5.74, 6) is 0. The molecule has 0 aliphatic carbocycles. The van der Waals surface area contributed by atoms with Crippen LogP contribution < -0.4 is 0 Å². The van der Waals surface area contributed by atoms with Crippen molar-refractivity contribution in [1.82, 2.24) is 0 Å². The summed E-state index contributed by atoms with van der Waals surface area (Å²) in [5.41, 5.74) is 1.23. The maximum Gasteiger partial charge on any atom is 0.164 e. The molecule has 1 rings (SSSR count). The SMILES string of the molecule is CCOC(CC=O)OCCc1ccccc1. The van der Waals surface area contributed by atoms with Crippen LogP contribution in [0.3, 0.4) is 0 Å². The highest BCUT2D eigenvalue weighted by Crippen LogP contribution is 2.03. The van der Waals surface area contributed by atoms with E-state index >= 15 is 0 Å². The molecule has 1 aromatic rings. The summed E-state index contributed by atoms with van der Waals surface area (Å²) in [6.45, 7) is 3.02. The van der Waals surface area contributed by atoms with E-state index in [0.717, 1.165) is 12.7 Å². The molecule has 16 heavy (non-hydrogen) atoms. The Morgan fingerprint density at radius 2 is 2.00 bits per heavy atom. The van der Waals surface area contributed by atoms with E-state index in [0.29, 0.717) is 19.6 Å². The van der Waals surface area contributed by atoms with Crippen LogP contribution in [0.1, 0.15) is 18.9 Å². The van der Waals surface area contributed by atoms with Crippen LogP contribution in [0.15, 0.2) is 30.3 Å². The molecule has 1 atom stereocenters. The lowest BCUT2D eigenvalue weighted by atomic mass is 10.2. The van der Waals surface area contributed by atoms with Gasteiger partial charge in [-0.05, 0) is 18.9 Å². The average molecular weight is 222 g/mol. The van der Waals surface area contributed by atoms with Crippen LogP contribution in [-0.4, -0.2) is 25.8 Å². The van der Waals surface area contributed by atoms with Crippen LogP contribution in [0, 0.1) is 0 Å². The highest BCUT2D eigenvalue weighted by atomic mass is 16.7.